The lowest BCUT2D eigenvalue weighted by Crippen LogP contribution is -2.05. The lowest BCUT2D eigenvalue weighted by atomic mass is 10.1. The summed E-state index contributed by atoms with van der Waals surface area (Å²) in [4.78, 5) is 13.1. The van der Waals surface area contributed by atoms with Crippen LogP contribution in [0.4, 0.5) is 14.5 Å². The summed E-state index contributed by atoms with van der Waals surface area (Å²) in [5, 5.41) is 19.2. The molecule has 0 fully saturated rings. The molecule has 1 aromatic rings. The molecule has 0 N–H and O–H groups in total. The lowest BCUT2D eigenvalue weighted by Gasteiger charge is -2.06. The molecule has 0 spiro atoms. The predicted octanol–water partition coefficient (Wildman–Crippen LogP) is 2.54. The first-order chi connectivity index (χ1) is 7.52. The van der Waals surface area contributed by atoms with Crippen LogP contribution in [0.2, 0.25) is 0 Å². The monoisotopic (exact) mass is 247 g/mol. The fraction of sp³-hybridized carbons (Fsp3) is 0.250. The Bertz CT molecular complexity index is 473. The van der Waals surface area contributed by atoms with Crippen molar-refractivity contribution in [3.8, 4) is 6.07 Å². The first-order valence-electron chi connectivity index (χ1n) is 3.93. The topological polar surface area (TPSA) is 79.8 Å². The molecule has 0 amide bonds. The van der Waals surface area contributed by atoms with E-state index < -0.39 is 28.2 Å². The number of hydrogen-bond donors (Lipinski definition) is 0. The molecular weight excluding hydrogens is 244 g/mol. The highest BCUT2D eigenvalue weighted by atomic mass is 35.5. The molecule has 16 heavy (non-hydrogen) atoms. The summed E-state index contributed by atoms with van der Waals surface area (Å²) in [6, 6.07) is 1.43. The highest BCUT2D eigenvalue weighted by Gasteiger charge is 2.30. The van der Waals surface area contributed by atoms with Crippen LogP contribution >= 0.6 is 11.6 Å². The average Bonchev–Trinajstić information content (AvgIpc) is 2.26. The van der Waals surface area contributed by atoms with Gasteiger partial charge in [-0.25, -0.2) is 8.78 Å². The Hall–Kier alpha value is -1.81. The zero-order valence-corrected chi connectivity index (χ0v) is 8.41. The number of rotatable bonds is 3. The van der Waals surface area contributed by atoms with Crippen LogP contribution < -0.4 is 0 Å². The van der Waals surface area contributed by atoms with E-state index in [9.17, 15) is 18.9 Å². The van der Waals surface area contributed by atoms with E-state index in [-0.39, 0.29) is 11.6 Å². The van der Waals surface area contributed by atoms with Crippen LogP contribution in [-0.4, -0.2) is 9.91 Å². The molecule has 0 saturated carbocycles. The van der Waals surface area contributed by atoms with Crippen LogP contribution in [0.15, 0.2) is 6.20 Å². The van der Waals surface area contributed by atoms with E-state index in [1.54, 1.807) is 0 Å². The van der Waals surface area contributed by atoms with E-state index in [1.165, 1.54) is 6.07 Å². The number of halogens is 3. The smallest absolute Gasteiger partial charge is 0.258 e. The summed E-state index contributed by atoms with van der Waals surface area (Å²) in [6.45, 7) is 0. The Kier molecular flexibility index (Phi) is 3.68. The largest absolute Gasteiger partial charge is 0.302 e. The van der Waals surface area contributed by atoms with Crippen molar-refractivity contribution < 1.29 is 13.7 Å². The number of aromatic nitrogens is 1. The highest BCUT2D eigenvalue weighted by Crippen LogP contribution is 2.34. The van der Waals surface area contributed by atoms with E-state index in [4.69, 9.17) is 16.9 Å². The second-order valence-electron chi connectivity index (χ2n) is 2.68. The van der Waals surface area contributed by atoms with E-state index in [1.807, 2.05) is 0 Å². The Balaban J connectivity index is 3.61. The number of nitriles is 1. The molecule has 5 nitrogen and oxygen atoms in total. The normalized spacial score (nSPS) is 10.2. The second-order valence-corrected chi connectivity index (χ2v) is 2.95. The molecule has 0 aliphatic heterocycles. The third-order valence-corrected chi connectivity index (χ3v) is 2.07. The molecule has 0 aliphatic rings. The molecule has 0 radical (unpaired) electrons. The molecule has 1 heterocycles. The molecular formula is C8H4ClF2N3O2. The van der Waals surface area contributed by atoms with Crippen LogP contribution in [0.25, 0.3) is 0 Å². The Morgan fingerprint density at radius 3 is 2.69 bits per heavy atom. The number of alkyl halides is 3. The van der Waals surface area contributed by atoms with Crippen molar-refractivity contribution in [2.24, 2.45) is 0 Å². The van der Waals surface area contributed by atoms with Gasteiger partial charge in [-0.2, -0.15) is 5.26 Å². The minimum absolute atomic E-state index is 0.277. The van der Waals surface area contributed by atoms with Gasteiger partial charge >= 0.3 is 5.69 Å². The summed E-state index contributed by atoms with van der Waals surface area (Å²) in [6.07, 6.45) is -2.27. The van der Waals surface area contributed by atoms with Gasteiger partial charge in [0.2, 0.25) is 0 Å². The molecule has 0 saturated heterocycles. The zero-order chi connectivity index (χ0) is 12.3. The minimum Gasteiger partial charge on any atom is -0.258 e. The van der Waals surface area contributed by atoms with E-state index >= 15 is 0 Å². The molecule has 0 aliphatic carbocycles. The summed E-state index contributed by atoms with van der Waals surface area (Å²) in [5.74, 6) is -0.373. The van der Waals surface area contributed by atoms with Gasteiger partial charge in [0, 0.05) is 6.20 Å². The van der Waals surface area contributed by atoms with Gasteiger partial charge in [-0.15, -0.1) is 11.6 Å². The van der Waals surface area contributed by atoms with E-state index in [0.717, 1.165) is 6.20 Å². The maximum atomic E-state index is 12.6. The van der Waals surface area contributed by atoms with Gasteiger partial charge in [0.15, 0.2) is 0 Å². The second kappa shape index (κ2) is 4.81. The minimum atomic E-state index is -3.12. The summed E-state index contributed by atoms with van der Waals surface area (Å²) >= 11 is 5.35. The first-order valence-corrected chi connectivity index (χ1v) is 4.46. The SMILES string of the molecule is N#Cc1cnc(CCl)c([N+](=O)[O-])c1C(F)F. The highest BCUT2D eigenvalue weighted by molar-refractivity contribution is 6.17. The molecule has 1 aromatic heterocycles. The molecule has 0 aromatic carbocycles. The molecule has 0 atom stereocenters. The summed E-state index contributed by atoms with van der Waals surface area (Å²) in [7, 11) is 0. The van der Waals surface area contributed by atoms with Crippen LogP contribution in [0.3, 0.4) is 0 Å². The molecule has 0 unspecified atom stereocenters. The van der Waals surface area contributed by atoms with Gasteiger partial charge in [0.25, 0.3) is 6.43 Å². The third-order valence-electron chi connectivity index (χ3n) is 1.82. The van der Waals surface area contributed by atoms with E-state index in [0.29, 0.717) is 0 Å². The van der Waals surface area contributed by atoms with Gasteiger partial charge in [-0.1, -0.05) is 0 Å². The van der Waals surface area contributed by atoms with Crippen molar-refractivity contribution in [3.63, 3.8) is 0 Å². The Labute approximate surface area is 93.4 Å². The lowest BCUT2D eigenvalue weighted by molar-refractivity contribution is -0.387. The predicted molar refractivity (Wildman–Crippen MR) is 50.1 cm³/mol. The first kappa shape index (κ1) is 12.3. The van der Waals surface area contributed by atoms with Crippen LogP contribution in [0.5, 0.6) is 0 Å². The molecule has 0 bridgehead atoms. The maximum Gasteiger partial charge on any atom is 0.302 e. The zero-order valence-electron chi connectivity index (χ0n) is 7.65. The van der Waals surface area contributed by atoms with Crippen molar-refractivity contribution in [2.75, 3.05) is 0 Å². The molecule has 84 valence electrons. The van der Waals surface area contributed by atoms with Gasteiger partial charge in [-0.05, 0) is 0 Å². The summed E-state index contributed by atoms with van der Waals surface area (Å²) < 4.78 is 25.3. The van der Waals surface area contributed by atoms with Crippen molar-refractivity contribution in [1.29, 1.82) is 5.26 Å². The van der Waals surface area contributed by atoms with E-state index in [2.05, 4.69) is 4.98 Å². The Morgan fingerprint density at radius 1 is 1.69 bits per heavy atom. The fourth-order valence-corrected chi connectivity index (χ4v) is 1.36. The number of pyridine rings is 1. The van der Waals surface area contributed by atoms with Crippen molar-refractivity contribution in [1.82, 2.24) is 4.98 Å². The number of hydrogen-bond acceptors (Lipinski definition) is 4. The van der Waals surface area contributed by atoms with Crippen molar-refractivity contribution >= 4 is 17.3 Å². The fourth-order valence-electron chi connectivity index (χ4n) is 1.17. The third kappa shape index (κ3) is 2.06. The van der Waals surface area contributed by atoms with Gasteiger partial charge in [-0.3, -0.25) is 15.1 Å². The van der Waals surface area contributed by atoms with Gasteiger partial charge in [0.05, 0.1) is 16.4 Å². The van der Waals surface area contributed by atoms with Crippen LogP contribution in [0, 0.1) is 21.4 Å². The number of nitro groups is 1. The number of nitrogens with zero attached hydrogens (tertiary/aromatic N) is 3. The molecule has 8 heteroatoms. The van der Waals surface area contributed by atoms with Crippen LogP contribution in [0.1, 0.15) is 23.2 Å². The Morgan fingerprint density at radius 2 is 2.31 bits per heavy atom. The summed E-state index contributed by atoms with van der Waals surface area (Å²) in [5.41, 5.74) is -2.61. The van der Waals surface area contributed by atoms with Crippen LogP contribution in [-0.2, 0) is 5.88 Å². The van der Waals surface area contributed by atoms with Crippen molar-refractivity contribution in [2.45, 2.75) is 12.3 Å². The average molecular weight is 248 g/mol. The quantitative estimate of drug-likeness (QED) is 0.467. The van der Waals surface area contributed by atoms with Gasteiger partial charge < -0.3 is 0 Å². The standard InChI is InChI=1S/C8H4ClF2N3O2/c9-1-5-7(14(15)16)6(8(10)11)4(2-12)3-13-5/h3,8H,1H2. The molecule has 1 rings (SSSR count). The maximum absolute atomic E-state index is 12.6. The van der Waals surface area contributed by atoms with Crippen molar-refractivity contribution in [3.05, 3.63) is 33.1 Å². The van der Waals surface area contributed by atoms with Gasteiger partial charge in [0.1, 0.15) is 17.3 Å².